The number of unbranched alkanes of at least 4 members (excludes halogenated alkanes) is 7. The lowest BCUT2D eigenvalue weighted by atomic mass is 9.99. The number of rotatable bonds is 10. The van der Waals surface area contributed by atoms with Crippen LogP contribution in [0.4, 0.5) is 0 Å². The highest BCUT2D eigenvalue weighted by Crippen LogP contribution is 2.20. The van der Waals surface area contributed by atoms with Gasteiger partial charge in [-0.1, -0.05) is 44.9 Å². The average molecular weight is 227 g/mol. The van der Waals surface area contributed by atoms with Crippen LogP contribution >= 0.6 is 0 Å². The van der Waals surface area contributed by atoms with Gasteiger partial charge in [0.05, 0.1) is 0 Å². The summed E-state index contributed by atoms with van der Waals surface area (Å²) in [5.74, 6) is 0.879. The fourth-order valence-corrected chi connectivity index (χ4v) is 2.45. The quantitative estimate of drug-likeness (QED) is 0.580. The van der Waals surface area contributed by atoms with Crippen molar-refractivity contribution in [1.29, 1.82) is 0 Å². The lowest BCUT2D eigenvalue weighted by Crippen LogP contribution is -1.98. The molecule has 2 heteroatoms. The van der Waals surface area contributed by atoms with E-state index < -0.39 is 0 Å². The second kappa shape index (κ2) is 10.1. The Balaban J connectivity index is 1.71. The van der Waals surface area contributed by atoms with E-state index in [0.29, 0.717) is 0 Å². The first-order valence-electron chi connectivity index (χ1n) is 7.21. The van der Waals surface area contributed by atoms with E-state index in [2.05, 4.69) is 0 Å². The average Bonchev–Trinajstić information content (AvgIpc) is 2.80. The zero-order valence-corrected chi connectivity index (χ0v) is 10.8. The Morgan fingerprint density at radius 1 is 0.875 bits per heavy atom. The van der Waals surface area contributed by atoms with Crippen LogP contribution in [-0.2, 0) is 4.74 Å². The van der Waals surface area contributed by atoms with Crippen LogP contribution in [0, 0.1) is 5.92 Å². The van der Waals surface area contributed by atoms with E-state index in [4.69, 9.17) is 10.5 Å². The molecule has 1 atom stereocenters. The Bertz CT molecular complexity index is 144. The molecule has 1 unspecified atom stereocenters. The molecule has 0 aromatic heterocycles. The maximum atomic E-state index is 5.46. The Morgan fingerprint density at radius 2 is 1.50 bits per heavy atom. The second-order valence-corrected chi connectivity index (χ2v) is 5.14. The van der Waals surface area contributed by atoms with E-state index in [1.807, 2.05) is 0 Å². The van der Waals surface area contributed by atoms with Crippen molar-refractivity contribution in [1.82, 2.24) is 0 Å². The molecular formula is C14H29NO. The molecule has 1 fully saturated rings. The Kier molecular flexibility index (Phi) is 8.83. The number of hydrogen-bond donors (Lipinski definition) is 1. The maximum absolute atomic E-state index is 5.46. The van der Waals surface area contributed by atoms with Gasteiger partial charge in [-0.2, -0.15) is 0 Å². The fourth-order valence-electron chi connectivity index (χ4n) is 2.45. The van der Waals surface area contributed by atoms with E-state index in [0.717, 1.165) is 25.7 Å². The Labute approximate surface area is 101 Å². The molecule has 0 radical (unpaired) electrons. The molecule has 0 spiro atoms. The first-order chi connectivity index (χ1) is 7.93. The molecule has 0 saturated carbocycles. The van der Waals surface area contributed by atoms with Crippen LogP contribution < -0.4 is 5.73 Å². The molecule has 1 saturated heterocycles. The highest BCUT2D eigenvalue weighted by atomic mass is 16.5. The van der Waals surface area contributed by atoms with Gasteiger partial charge in [-0.25, -0.2) is 0 Å². The number of nitrogens with two attached hydrogens (primary N) is 1. The van der Waals surface area contributed by atoms with Crippen molar-refractivity contribution in [2.45, 2.75) is 64.2 Å². The minimum atomic E-state index is 0.865. The summed E-state index contributed by atoms with van der Waals surface area (Å²) >= 11 is 0. The lowest BCUT2D eigenvalue weighted by molar-refractivity contribution is 0.183. The molecule has 1 aliphatic heterocycles. The van der Waals surface area contributed by atoms with Crippen molar-refractivity contribution in [3.63, 3.8) is 0 Å². The van der Waals surface area contributed by atoms with Gasteiger partial charge >= 0.3 is 0 Å². The molecule has 0 aromatic rings. The van der Waals surface area contributed by atoms with E-state index in [1.54, 1.807) is 0 Å². The topological polar surface area (TPSA) is 35.2 Å². The predicted octanol–water partition coefficient (Wildman–Crippen LogP) is 3.49. The third kappa shape index (κ3) is 7.24. The van der Waals surface area contributed by atoms with Gasteiger partial charge in [0.15, 0.2) is 0 Å². The van der Waals surface area contributed by atoms with Crippen LogP contribution in [-0.4, -0.2) is 19.8 Å². The van der Waals surface area contributed by atoms with Crippen LogP contribution in [0.25, 0.3) is 0 Å². The standard InChI is InChI=1S/C14H29NO/c15-11-8-6-4-2-1-3-5-7-9-14-10-12-16-13-14/h14H,1-13,15H2. The van der Waals surface area contributed by atoms with Crippen molar-refractivity contribution in [3.05, 3.63) is 0 Å². The molecule has 1 aliphatic rings. The zero-order chi connectivity index (χ0) is 11.5. The van der Waals surface area contributed by atoms with Crippen molar-refractivity contribution < 1.29 is 4.74 Å². The first-order valence-corrected chi connectivity index (χ1v) is 7.21. The number of ether oxygens (including phenoxy) is 1. The molecule has 1 rings (SSSR count). The van der Waals surface area contributed by atoms with Crippen LogP contribution in [0.3, 0.4) is 0 Å². The molecule has 0 aromatic carbocycles. The summed E-state index contributed by atoms with van der Waals surface area (Å²) in [6.07, 6.45) is 13.7. The van der Waals surface area contributed by atoms with Gasteiger partial charge in [-0.05, 0) is 31.7 Å². The van der Waals surface area contributed by atoms with E-state index in [9.17, 15) is 0 Å². The van der Waals surface area contributed by atoms with Gasteiger partial charge in [-0.3, -0.25) is 0 Å². The molecule has 96 valence electrons. The summed E-state index contributed by atoms with van der Waals surface area (Å²) in [6, 6.07) is 0. The Morgan fingerprint density at radius 3 is 2.06 bits per heavy atom. The van der Waals surface area contributed by atoms with E-state index in [1.165, 1.54) is 64.2 Å². The summed E-state index contributed by atoms with van der Waals surface area (Å²) in [6.45, 7) is 2.90. The molecule has 0 amide bonds. The van der Waals surface area contributed by atoms with Gasteiger partial charge < -0.3 is 10.5 Å². The van der Waals surface area contributed by atoms with Gasteiger partial charge in [-0.15, -0.1) is 0 Å². The normalized spacial score (nSPS) is 20.4. The number of hydrogen-bond acceptors (Lipinski definition) is 2. The third-order valence-corrected chi connectivity index (χ3v) is 3.59. The maximum Gasteiger partial charge on any atom is 0.0495 e. The molecule has 2 N–H and O–H groups in total. The first kappa shape index (κ1) is 14.0. The summed E-state index contributed by atoms with van der Waals surface area (Å²) in [5.41, 5.74) is 5.46. The highest BCUT2D eigenvalue weighted by Gasteiger charge is 2.14. The summed E-state index contributed by atoms with van der Waals surface area (Å²) in [7, 11) is 0. The second-order valence-electron chi connectivity index (χ2n) is 5.14. The van der Waals surface area contributed by atoms with Crippen LogP contribution in [0.1, 0.15) is 64.2 Å². The summed E-state index contributed by atoms with van der Waals surface area (Å²) < 4.78 is 5.38. The van der Waals surface area contributed by atoms with Crippen molar-refractivity contribution >= 4 is 0 Å². The molecular weight excluding hydrogens is 198 g/mol. The van der Waals surface area contributed by atoms with Crippen LogP contribution in [0.2, 0.25) is 0 Å². The van der Waals surface area contributed by atoms with Crippen LogP contribution in [0.5, 0.6) is 0 Å². The fraction of sp³-hybridized carbons (Fsp3) is 1.00. The van der Waals surface area contributed by atoms with Crippen molar-refractivity contribution in [2.24, 2.45) is 11.7 Å². The smallest absolute Gasteiger partial charge is 0.0495 e. The van der Waals surface area contributed by atoms with Crippen molar-refractivity contribution in [2.75, 3.05) is 19.8 Å². The molecule has 2 nitrogen and oxygen atoms in total. The minimum Gasteiger partial charge on any atom is -0.381 e. The van der Waals surface area contributed by atoms with E-state index >= 15 is 0 Å². The van der Waals surface area contributed by atoms with E-state index in [-0.39, 0.29) is 0 Å². The summed E-state index contributed by atoms with van der Waals surface area (Å²) in [4.78, 5) is 0. The zero-order valence-electron chi connectivity index (χ0n) is 10.8. The van der Waals surface area contributed by atoms with Crippen LogP contribution in [0.15, 0.2) is 0 Å². The van der Waals surface area contributed by atoms with Gasteiger partial charge in [0.1, 0.15) is 0 Å². The molecule has 0 aliphatic carbocycles. The largest absolute Gasteiger partial charge is 0.381 e. The minimum absolute atomic E-state index is 0.865. The predicted molar refractivity (Wildman–Crippen MR) is 69.5 cm³/mol. The Hall–Kier alpha value is -0.0800. The SMILES string of the molecule is NCCCCCCCCCCC1CCOC1. The monoisotopic (exact) mass is 227 g/mol. The molecule has 0 bridgehead atoms. The summed E-state index contributed by atoms with van der Waals surface area (Å²) in [5, 5.41) is 0. The van der Waals surface area contributed by atoms with Crippen molar-refractivity contribution in [3.8, 4) is 0 Å². The third-order valence-electron chi connectivity index (χ3n) is 3.59. The highest BCUT2D eigenvalue weighted by molar-refractivity contribution is 4.63. The van der Waals surface area contributed by atoms with Gasteiger partial charge in [0, 0.05) is 13.2 Å². The molecule has 16 heavy (non-hydrogen) atoms. The molecule has 1 heterocycles. The van der Waals surface area contributed by atoms with Gasteiger partial charge in [0.2, 0.25) is 0 Å². The lowest BCUT2D eigenvalue weighted by Gasteiger charge is -2.06. The van der Waals surface area contributed by atoms with Gasteiger partial charge in [0.25, 0.3) is 0 Å².